The summed E-state index contributed by atoms with van der Waals surface area (Å²) in [5.41, 5.74) is 0.469. The molecule has 0 fully saturated rings. The van der Waals surface area contributed by atoms with Gasteiger partial charge in [-0.05, 0) is 38.5 Å². The maximum atomic E-state index is 12.9. The summed E-state index contributed by atoms with van der Waals surface area (Å²) in [6, 6.07) is 13.9. The van der Waals surface area contributed by atoms with E-state index < -0.39 is 29.6 Å². The standard InChI is InChI=1S/C23H24N2O4/c1-23(2,3)29-22(28)25-19(12-13-21(25)27)17(16-9-5-4-6-10-16)15-20(26)18-11-7-8-14-24-18/h4-14,17,19H,15H2,1-3H3/t17-,19+/m1/s1. The smallest absolute Gasteiger partial charge is 0.417 e. The molecule has 1 aromatic heterocycles. The molecule has 0 saturated heterocycles. The molecule has 6 heteroatoms. The summed E-state index contributed by atoms with van der Waals surface area (Å²) < 4.78 is 5.43. The van der Waals surface area contributed by atoms with Crippen LogP contribution < -0.4 is 0 Å². The Labute approximate surface area is 170 Å². The molecule has 0 unspecified atom stereocenters. The highest BCUT2D eigenvalue weighted by Gasteiger charge is 2.40. The lowest BCUT2D eigenvalue weighted by atomic mass is 9.86. The summed E-state index contributed by atoms with van der Waals surface area (Å²) in [6.45, 7) is 5.23. The van der Waals surface area contributed by atoms with Gasteiger partial charge in [-0.3, -0.25) is 14.6 Å². The average molecular weight is 392 g/mol. The first-order chi connectivity index (χ1) is 13.8. The van der Waals surface area contributed by atoms with E-state index in [1.807, 2.05) is 30.3 Å². The molecule has 2 amide bonds. The lowest BCUT2D eigenvalue weighted by molar-refractivity contribution is -0.125. The number of amides is 2. The van der Waals surface area contributed by atoms with Crippen LogP contribution >= 0.6 is 0 Å². The molecule has 0 bridgehead atoms. The fraction of sp³-hybridized carbons (Fsp3) is 0.304. The van der Waals surface area contributed by atoms with Crippen LogP contribution in [0.25, 0.3) is 0 Å². The number of rotatable bonds is 5. The first-order valence-electron chi connectivity index (χ1n) is 9.50. The number of hydrogen-bond donors (Lipinski definition) is 0. The number of aromatic nitrogens is 1. The summed E-state index contributed by atoms with van der Waals surface area (Å²) in [5.74, 6) is -1.02. The van der Waals surface area contributed by atoms with Gasteiger partial charge >= 0.3 is 6.09 Å². The Bertz CT molecular complexity index is 917. The molecule has 2 atom stereocenters. The van der Waals surface area contributed by atoms with E-state index in [1.165, 1.54) is 6.08 Å². The van der Waals surface area contributed by atoms with Crippen molar-refractivity contribution in [3.63, 3.8) is 0 Å². The van der Waals surface area contributed by atoms with Gasteiger partial charge in [-0.2, -0.15) is 0 Å². The molecule has 0 N–H and O–H groups in total. The number of ketones is 1. The lowest BCUT2D eigenvalue weighted by Gasteiger charge is -2.31. The maximum Gasteiger partial charge on any atom is 0.417 e. The zero-order valence-electron chi connectivity index (χ0n) is 16.7. The topological polar surface area (TPSA) is 76.6 Å². The number of pyridine rings is 1. The Kier molecular flexibility index (Phi) is 5.92. The molecule has 0 saturated carbocycles. The third-order valence-corrected chi connectivity index (χ3v) is 4.56. The molecule has 2 heterocycles. The van der Waals surface area contributed by atoms with Crippen molar-refractivity contribution < 1.29 is 19.1 Å². The van der Waals surface area contributed by atoms with Crippen molar-refractivity contribution in [2.45, 2.75) is 44.8 Å². The molecule has 3 rings (SSSR count). The highest BCUT2D eigenvalue weighted by Crippen LogP contribution is 2.33. The molecule has 29 heavy (non-hydrogen) atoms. The van der Waals surface area contributed by atoms with Crippen molar-refractivity contribution >= 4 is 17.8 Å². The Morgan fingerprint density at radius 1 is 1.10 bits per heavy atom. The summed E-state index contributed by atoms with van der Waals surface area (Å²) in [7, 11) is 0. The number of carbonyl (C=O) groups excluding carboxylic acids is 3. The van der Waals surface area contributed by atoms with Crippen LogP contribution in [0.1, 0.15) is 49.2 Å². The number of benzene rings is 1. The van der Waals surface area contributed by atoms with Crippen LogP contribution in [0.15, 0.2) is 66.9 Å². The van der Waals surface area contributed by atoms with Gasteiger partial charge < -0.3 is 4.74 Å². The number of hydrogen-bond acceptors (Lipinski definition) is 5. The fourth-order valence-corrected chi connectivity index (χ4v) is 3.30. The maximum absolute atomic E-state index is 12.9. The van der Waals surface area contributed by atoms with E-state index in [9.17, 15) is 14.4 Å². The first kappa shape index (κ1) is 20.5. The zero-order chi connectivity index (χ0) is 21.0. The van der Waals surface area contributed by atoms with Gasteiger partial charge in [0.1, 0.15) is 11.3 Å². The number of Topliss-reactive ketones (excluding diaryl/α,β-unsaturated/α-hetero) is 1. The van der Waals surface area contributed by atoms with Gasteiger partial charge in [0.25, 0.3) is 5.91 Å². The molecule has 150 valence electrons. The van der Waals surface area contributed by atoms with Gasteiger partial charge in [0.15, 0.2) is 5.78 Å². The molecule has 1 aromatic carbocycles. The summed E-state index contributed by atoms with van der Waals surface area (Å²) in [5, 5.41) is 0. The van der Waals surface area contributed by atoms with Gasteiger partial charge in [0, 0.05) is 24.6 Å². The van der Waals surface area contributed by atoms with Crippen molar-refractivity contribution in [1.29, 1.82) is 0 Å². The summed E-state index contributed by atoms with van der Waals surface area (Å²) in [4.78, 5) is 43.3. The zero-order valence-corrected chi connectivity index (χ0v) is 16.7. The van der Waals surface area contributed by atoms with Crippen LogP contribution in [-0.2, 0) is 9.53 Å². The quantitative estimate of drug-likeness (QED) is 0.715. The van der Waals surface area contributed by atoms with Crippen molar-refractivity contribution in [2.75, 3.05) is 0 Å². The molecule has 2 aromatic rings. The van der Waals surface area contributed by atoms with Crippen LogP contribution in [0.5, 0.6) is 0 Å². The molecule has 0 spiro atoms. The van der Waals surface area contributed by atoms with Crippen molar-refractivity contribution in [3.8, 4) is 0 Å². The number of imide groups is 1. The third-order valence-electron chi connectivity index (χ3n) is 4.56. The lowest BCUT2D eigenvalue weighted by Crippen LogP contribution is -2.45. The van der Waals surface area contributed by atoms with Gasteiger partial charge in [-0.25, -0.2) is 9.69 Å². The van der Waals surface area contributed by atoms with Crippen molar-refractivity contribution in [3.05, 3.63) is 78.1 Å². The van der Waals surface area contributed by atoms with Gasteiger partial charge in [-0.15, -0.1) is 0 Å². The van der Waals surface area contributed by atoms with E-state index in [0.29, 0.717) is 5.69 Å². The van der Waals surface area contributed by atoms with E-state index in [4.69, 9.17) is 4.74 Å². The fourth-order valence-electron chi connectivity index (χ4n) is 3.30. The third kappa shape index (κ3) is 4.96. The van der Waals surface area contributed by atoms with Crippen LogP contribution in [0.2, 0.25) is 0 Å². The Hall–Kier alpha value is -3.28. The van der Waals surface area contributed by atoms with E-state index in [-0.39, 0.29) is 12.2 Å². The molecular weight excluding hydrogens is 368 g/mol. The normalized spacial score (nSPS) is 17.3. The Balaban J connectivity index is 1.93. The Morgan fingerprint density at radius 3 is 2.41 bits per heavy atom. The van der Waals surface area contributed by atoms with Crippen LogP contribution in [-0.4, -0.2) is 39.3 Å². The van der Waals surface area contributed by atoms with Gasteiger partial charge in [0.05, 0.1) is 6.04 Å². The Morgan fingerprint density at radius 2 is 1.79 bits per heavy atom. The predicted octanol–water partition coefficient (Wildman–Crippen LogP) is 4.14. The number of carbonyl (C=O) groups is 3. The predicted molar refractivity (Wildman–Crippen MR) is 108 cm³/mol. The summed E-state index contributed by atoms with van der Waals surface area (Å²) in [6.07, 6.45) is 3.97. The highest BCUT2D eigenvalue weighted by molar-refractivity contribution is 6.02. The van der Waals surface area contributed by atoms with E-state index in [2.05, 4.69) is 4.98 Å². The van der Waals surface area contributed by atoms with Gasteiger partial charge in [-0.1, -0.05) is 42.5 Å². The molecule has 1 aliphatic rings. The molecule has 0 radical (unpaired) electrons. The van der Waals surface area contributed by atoms with Crippen molar-refractivity contribution in [1.82, 2.24) is 9.88 Å². The second-order valence-corrected chi connectivity index (χ2v) is 7.90. The second-order valence-electron chi connectivity index (χ2n) is 7.90. The first-order valence-corrected chi connectivity index (χ1v) is 9.50. The number of ether oxygens (including phenoxy) is 1. The van der Waals surface area contributed by atoms with Crippen LogP contribution in [0.3, 0.4) is 0 Å². The number of nitrogens with zero attached hydrogens (tertiary/aromatic N) is 2. The van der Waals surface area contributed by atoms with E-state index in [0.717, 1.165) is 10.5 Å². The van der Waals surface area contributed by atoms with Crippen LogP contribution in [0.4, 0.5) is 4.79 Å². The monoisotopic (exact) mass is 392 g/mol. The largest absolute Gasteiger partial charge is 0.443 e. The molecule has 6 nitrogen and oxygen atoms in total. The summed E-state index contributed by atoms with van der Waals surface area (Å²) >= 11 is 0. The van der Waals surface area contributed by atoms with Gasteiger partial charge in [0.2, 0.25) is 0 Å². The highest BCUT2D eigenvalue weighted by atomic mass is 16.6. The minimum absolute atomic E-state index is 0.0998. The minimum atomic E-state index is -0.740. The second kappa shape index (κ2) is 8.39. The minimum Gasteiger partial charge on any atom is -0.443 e. The SMILES string of the molecule is CC(C)(C)OC(=O)N1C(=O)C=C[C@H]1[C@H](CC(=O)c1ccccn1)c1ccccc1. The van der Waals surface area contributed by atoms with E-state index >= 15 is 0 Å². The van der Waals surface area contributed by atoms with Crippen molar-refractivity contribution in [2.24, 2.45) is 0 Å². The molecule has 1 aliphatic heterocycles. The molecule has 0 aliphatic carbocycles. The van der Waals surface area contributed by atoms with Crippen LogP contribution in [0, 0.1) is 0 Å². The van der Waals surface area contributed by atoms with E-state index in [1.54, 1.807) is 51.2 Å². The average Bonchev–Trinajstić information content (AvgIpc) is 3.07. The molecular formula is C23H24N2O4.